The van der Waals surface area contributed by atoms with Crippen molar-refractivity contribution >= 4 is 0 Å². The highest BCUT2D eigenvalue weighted by molar-refractivity contribution is 5.52. The van der Waals surface area contributed by atoms with Gasteiger partial charge in [0, 0.05) is 5.41 Å². The Kier molecular flexibility index (Phi) is 5.09. The van der Waals surface area contributed by atoms with Crippen molar-refractivity contribution < 1.29 is 30.4 Å². The van der Waals surface area contributed by atoms with Gasteiger partial charge in [-0.15, -0.1) is 0 Å². The van der Waals surface area contributed by atoms with Gasteiger partial charge in [-0.2, -0.15) is 0 Å². The van der Waals surface area contributed by atoms with E-state index in [9.17, 15) is 0 Å². The zero-order valence-electron chi connectivity index (χ0n) is 14.0. The minimum absolute atomic E-state index is 0.337. The second kappa shape index (κ2) is 7.45. The molecule has 0 atom stereocenters. The lowest BCUT2D eigenvalue weighted by Gasteiger charge is -2.32. The van der Waals surface area contributed by atoms with Crippen LogP contribution in [0, 0.1) is 0 Å². The van der Waals surface area contributed by atoms with Gasteiger partial charge in [-0.25, -0.2) is 15.8 Å². The van der Waals surface area contributed by atoms with Crippen molar-refractivity contribution in [2.24, 2.45) is 0 Å². The molecule has 6 nitrogen and oxygen atoms in total. The summed E-state index contributed by atoms with van der Waals surface area (Å²) in [6.45, 7) is 2.05. The van der Waals surface area contributed by atoms with E-state index in [4.69, 9.17) is 15.8 Å². The Morgan fingerprint density at radius 2 is 0.731 bits per heavy atom. The molecule has 0 fully saturated rings. The molecule has 0 heterocycles. The number of benzene rings is 3. The van der Waals surface area contributed by atoms with Gasteiger partial charge in [-0.3, -0.25) is 0 Å². The van der Waals surface area contributed by atoms with Gasteiger partial charge in [0.05, 0.1) is 0 Å². The average Bonchev–Trinajstić information content (AvgIpc) is 2.73. The summed E-state index contributed by atoms with van der Waals surface area (Å²) in [4.78, 5) is 12.8. The molecule has 134 valence electrons. The summed E-state index contributed by atoms with van der Waals surface area (Å²) in [6, 6.07) is 21.2. The van der Waals surface area contributed by atoms with Crippen molar-refractivity contribution in [3.8, 4) is 17.2 Å². The third kappa shape index (κ3) is 3.21. The Morgan fingerprint density at radius 1 is 0.500 bits per heavy atom. The van der Waals surface area contributed by atoms with E-state index in [0.717, 1.165) is 16.7 Å². The molecule has 3 rings (SSSR count). The molecular weight excluding hydrogens is 336 g/mol. The van der Waals surface area contributed by atoms with Gasteiger partial charge >= 0.3 is 0 Å². The van der Waals surface area contributed by atoms with Crippen molar-refractivity contribution in [3.63, 3.8) is 0 Å². The molecule has 0 unspecified atom stereocenters. The van der Waals surface area contributed by atoms with Crippen LogP contribution >= 0.6 is 0 Å². The number of hydrogen-bond donors (Lipinski definition) is 3. The van der Waals surface area contributed by atoms with E-state index >= 15 is 0 Å². The molecule has 0 aliphatic carbocycles. The van der Waals surface area contributed by atoms with E-state index in [1.54, 1.807) is 36.4 Å². The second-order valence-electron chi connectivity index (χ2n) is 5.97. The van der Waals surface area contributed by atoms with Crippen LogP contribution < -0.4 is 14.7 Å². The Hall–Kier alpha value is -3.06. The third-order valence-corrected chi connectivity index (χ3v) is 4.61. The van der Waals surface area contributed by atoms with Gasteiger partial charge in [0.25, 0.3) is 0 Å². The first-order chi connectivity index (χ1) is 12.6. The second-order valence-corrected chi connectivity index (χ2v) is 5.97. The van der Waals surface area contributed by atoms with Crippen LogP contribution in [0.3, 0.4) is 0 Å². The summed E-state index contributed by atoms with van der Waals surface area (Å²) in [7, 11) is 0. The van der Waals surface area contributed by atoms with Gasteiger partial charge < -0.3 is 14.7 Å². The van der Waals surface area contributed by atoms with Crippen LogP contribution in [0.2, 0.25) is 0 Å². The van der Waals surface area contributed by atoms with Crippen LogP contribution in [0.25, 0.3) is 0 Å². The van der Waals surface area contributed by atoms with E-state index in [-0.39, 0.29) is 0 Å². The van der Waals surface area contributed by atoms with Gasteiger partial charge in [-0.05, 0) is 60.0 Å². The Balaban J connectivity index is 2.15. The van der Waals surface area contributed by atoms with E-state index in [1.165, 1.54) is 0 Å². The summed E-state index contributed by atoms with van der Waals surface area (Å²) < 4.78 is 0. The van der Waals surface area contributed by atoms with Gasteiger partial charge in [-0.1, -0.05) is 36.4 Å². The topological polar surface area (TPSA) is 88.4 Å². The first-order valence-electron chi connectivity index (χ1n) is 7.87. The lowest BCUT2D eigenvalue weighted by molar-refractivity contribution is -0.137. The lowest BCUT2D eigenvalue weighted by Crippen LogP contribution is -2.25. The quantitative estimate of drug-likeness (QED) is 0.341. The maximum atomic E-state index is 8.81. The van der Waals surface area contributed by atoms with Crippen LogP contribution in [-0.2, 0) is 5.41 Å². The van der Waals surface area contributed by atoms with Crippen LogP contribution in [0.15, 0.2) is 72.8 Å². The SMILES string of the molecule is CC(c1ccc(OO)cc1)(c1ccc(OO)cc1)c1ccc(OO)cc1. The Morgan fingerprint density at radius 3 is 0.923 bits per heavy atom. The van der Waals surface area contributed by atoms with Gasteiger partial charge in [0.15, 0.2) is 17.2 Å². The fourth-order valence-electron chi connectivity index (χ4n) is 3.05. The molecule has 26 heavy (non-hydrogen) atoms. The third-order valence-electron chi connectivity index (χ3n) is 4.61. The number of hydrogen-bond acceptors (Lipinski definition) is 6. The number of rotatable bonds is 6. The van der Waals surface area contributed by atoms with Crippen LogP contribution in [0.1, 0.15) is 23.6 Å². The highest BCUT2D eigenvalue weighted by Crippen LogP contribution is 2.40. The standard InChI is InChI=1S/C20H18O6/c1-20(14-2-8-17(24-21)9-3-14,15-4-10-18(25-22)11-5-15)16-6-12-19(26-23)13-7-16/h2-13,21-23H,1H3. The minimum atomic E-state index is -0.560. The minimum Gasteiger partial charge on any atom is -0.340 e. The molecule has 3 aromatic carbocycles. The maximum absolute atomic E-state index is 8.81. The smallest absolute Gasteiger partial charge is 0.165 e. The molecular formula is C20H18O6. The van der Waals surface area contributed by atoms with Crippen molar-refractivity contribution in [3.05, 3.63) is 89.5 Å². The first-order valence-corrected chi connectivity index (χ1v) is 7.87. The highest BCUT2D eigenvalue weighted by atomic mass is 17.1. The maximum Gasteiger partial charge on any atom is 0.165 e. The largest absolute Gasteiger partial charge is 0.340 e. The monoisotopic (exact) mass is 354 g/mol. The molecule has 3 N–H and O–H groups in total. The van der Waals surface area contributed by atoms with E-state index in [0.29, 0.717) is 17.2 Å². The van der Waals surface area contributed by atoms with E-state index in [1.807, 2.05) is 43.3 Å². The zero-order valence-corrected chi connectivity index (χ0v) is 14.0. The molecule has 0 aromatic heterocycles. The summed E-state index contributed by atoms with van der Waals surface area (Å²) in [5.74, 6) is 1.01. The molecule has 0 aliphatic heterocycles. The van der Waals surface area contributed by atoms with Crippen LogP contribution in [-0.4, -0.2) is 15.8 Å². The molecule has 0 aliphatic rings. The Labute approximate surface area is 150 Å². The molecule has 0 radical (unpaired) electrons. The predicted octanol–water partition coefficient (Wildman–Crippen LogP) is 4.60. The van der Waals surface area contributed by atoms with Crippen LogP contribution in [0.4, 0.5) is 0 Å². The molecule has 0 bridgehead atoms. The van der Waals surface area contributed by atoms with Gasteiger partial charge in [0.1, 0.15) is 0 Å². The van der Waals surface area contributed by atoms with E-state index in [2.05, 4.69) is 14.7 Å². The fraction of sp³-hybridized carbons (Fsp3) is 0.100. The fourth-order valence-corrected chi connectivity index (χ4v) is 3.05. The predicted molar refractivity (Wildman–Crippen MR) is 94.7 cm³/mol. The van der Waals surface area contributed by atoms with Crippen molar-refractivity contribution in [1.29, 1.82) is 0 Å². The summed E-state index contributed by atoms with van der Waals surface area (Å²) in [5.41, 5.74) is 2.30. The molecule has 0 saturated carbocycles. The average molecular weight is 354 g/mol. The van der Waals surface area contributed by atoms with Crippen molar-refractivity contribution in [2.75, 3.05) is 0 Å². The summed E-state index contributed by atoms with van der Waals surface area (Å²) in [6.07, 6.45) is 0. The Bertz CT molecular complexity index is 725. The van der Waals surface area contributed by atoms with E-state index < -0.39 is 5.41 Å². The molecule has 6 heteroatoms. The molecule has 0 spiro atoms. The lowest BCUT2D eigenvalue weighted by atomic mass is 9.71. The van der Waals surface area contributed by atoms with Crippen molar-refractivity contribution in [2.45, 2.75) is 12.3 Å². The zero-order chi connectivity index (χ0) is 18.6. The molecule has 3 aromatic rings. The molecule has 0 amide bonds. The first kappa shape index (κ1) is 17.8. The summed E-state index contributed by atoms with van der Waals surface area (Å²) in [5, 5.41) is 26.4. The molecule has 0 saturated heterocycles. The normalized spacial score (nSPS) is 11.1. The summed E-state index contributed by atoms with van der Waals surface area (Å²) >= 11 is 0. The van der Waals surface area contributed by atoms with Crippen molar-refractivity contribution in [1.82, 2.24) is 0 Å². The van der Waals surface area contributed by atoms with Gasteiger partial charge in [0.2, 0.25) is 0 Å². The highest BCUT2D eigenvalue weighted by Gasteiger charge is 2.31. The van der Waals surface area contributed by atoms with Crippen LogP contribution in [0.5, 0.6) is 17.2 Å².